The fraction of sp³-hybridized carbons (Fsp3) is 0.481. The van der Waals surface area contributed by atoms with Crippen LogP contribution >= 0.6 is 0 Å². The van der Waals surface area contributed by atoms with Crippen molar-refractivity contribution in [2.75, 3.05) is 0 Å². The number of carbonyl (C=O) groups excluding carboxylic acids is 1. The number of aromatic nitrogens is 2. The summed E-state index contributed by atoms with van der Waals surface area (Å²) in [6.07, 6.45) is 9.91. The third kappa shape index (κ3) is 3.54. The molecule has 174 valence electrons. The van der Waals surface area contributed by atoms with E-state index >= 15 is 8.78 Å². The Balaban J connectivity index is 1.87. The first kappa shape index (κ1) is 22.1. The third-order valence-electron chi connectivity index (χ3n) is 7.97. The van der Waals surface area contributed by atoms with Gasteiger partial charge in [-0.15, -0.1) is 0 Å². The van der Waals surface area contributed by atoms with E-state index in [0.29, 0.717) is 11.0 Å². The number of carbonyl (C=O) groups is 1. The summed E-state index contributed by atoms with van der Waals surface area (Å²) in [4.78, 5) is 18.4. The van der Waals surface area contributed by atoms with Gasteiger partial charge in [-0.1, -0.05) is 56.7 Å². The van der Waals surface area contributed by atoms with Crippen LogP contribution in [0.2, 0.25) is 0 Å². The lowest BCUT2D eigenvalue weighted by atomic mass is 9.63. The molecular weight excluding hydrogens is 420 g/mol. The van der Waals surface area contributed by atoms with E-state index < -0.39 is 23.1 Å². The molecule has 1 heterocycles. The average molecular weight is 452 g/mol. The molecule has 5 rings (SSSR count). The lowest BCUT2D eigenvalue weighted by molar-refractivity contribution is -0.135. The number of nitrogens with zero attached hydrogens (tertiary/aromatic N) is 2. The summed E-state index contributed by atoms with van der Waals surface area (Å²) in [5, 5.41) is 0. The fourth-order valence-electron chi connectivity index (χ4n) is 6.58. The van der Waals surface area contributed by atoms with Gasteiger partial charge in [0, 0.05) is 0 Å². The predicted molar refractivity (Wildman–Crippen MR) is 125 cm³/mol. The molecule has 1 aromatic heterocycles. The summed E-state index contributed by atoms with van der Waals surface area (Å²) >= 11 is 0. The largest absolute Gasteiger partial charge is 0.368 e. The Morgan fingerprint density at radius 3 is 1.94 bits per heavy atom. The maximum absolute atomic E-state index is 15.1. The molecule has 0 saturated heterocycles. The normalized spacial score (nSPS) is 18.6. The van der Waals surface area contributed by atoms with Gasteiger partial charge in [0.2, 0.25) is 5.91 Å². The second-order valence-corrected chi connectivity index (χ2v) is 9.72. The highest BCUT2D eigenvalue weighted by Gasteiger charge is 2.53. The Morgan fingerprint density at radius 2 is 1.39 bits per heavy atom. The van der Waals surface area contributed by atoms with Gasteiger partial charge in [-0.2, -0.15) is 0 Å². The van der Waals surface area contributed by atoms with E-state index in [2.05, 4.69) is 0 Å². The summed E-state index contributed by atoms with van der Waals surface area (Å²) in [6, 6.07) is 11.3. The number of primary amides is 1. The van der Waals surface area contributed by atoms with Gasteiger partial charge < -0.3 is 10.3 Å². The second-order valence-electron chi connectivity index (χ2n) is 9.72. The SMILES string of the molecule is NC(=O)C(C1CCCCC1)(C1CCCCC1)n1c(-c2c(F)cccc2F)nc2ccccc21. The van der Waals surface area contributed by atoms with E-state index in [1.54, 1.807) is 0 Å². The van der Waals surface area contributed by atoms with Crippen LogP contribution in [0, 0.1) is 23.5 Å². The molecule has 0 unspecified atom stereocenters. The molecular formula is C27H31F2N3O. The topological polar surface area (TPSA) is 60.9 Å². The van der Waals surface area contributed by atoms with Crippen LogP contribution in [0.25, 0.3) is 22.4 Å². The summed E-state index contributed by atoms with van der Waals surface area (Å²) in [5.74, 6) is -1.57. The lowest BCUT2D eigenvalue weighted by Crippen LogP contribution is -2.58. The zero-order chi connectivity index (χ0) is 23.0. The summed E-state index contributed by atoms with van der Waals surface area (Å²) < 4.78 is 32.1. The number of hydrogen-bond acceptors (Lipinski definition) is 2. The zero-order valence-electron chi connectivity index (χ0n) is 18.9. The van der Waals surface area contributed by atoms with E-state index in [-0.39, 0.29) is 23.2 Å². The molecule has 6 heteroatoms. The first-order valence-electron chi connectivity index (χ1n) is 12.3. The summed E-state index contributed by atoms with van der Waals surface area (Å²) in [7, 11) is 0. The van der Waals surface area contributed by atoms with Gasteiger partial charge in [-0.25, -0.2) is 13.8 Å². The van der Waals surface area contributed by atoms with Crippen LogP contribution in [-0.2, 0) is 10.3 Å². The van der Waals surface area contributed by atoms with Gasteiger partial charge in [-0.05, 0) is 61.8 Å². The van der Waals surface area contributed by atoms with Crippen molar-refractivity contribution in [1.29, 1.82) is 0 Å². The van der Waals surface area contributed by atoms with Crippen molar-refractivity contribution in [2.24, 2.45) is 17.6 Å². The van der Waals surface area contributed by atoms with Crippen LogP contribution in [0.15, 0.2) is 42.5 Å². The quantitative estimate of drug-likeness (QED) is 0.493. The van der Waals surface area contributed by atoms with Crippen molar-refractivity contribution in [3.05, 3.63) is 54.1 Å². The van der Waals surface area contributed by atoms with E-state index in [0.717, 1.165) is 64.2 Å². The van der Waals surface area contributed by atoms with Crippen LogP contribution in [0.5, 0.6) is 0 Å². The molecule has 2 saturated carbocycles. The smallest absolute Gasteiger partial charge is 0.244 e. The number of nitrogens with two attached hydrogens (primary N) is 1. The van der Waals surface area contributed by atoms with E-state index in [4.69, 9.17) is 10.7 Å². The Hall–Kier alpha value is -2.76. The molecule has 2 aliphatic carbocycles. The molecule has 4 nitrogen and oxygen atoms in total. The van der Waals surface area contributed by atoms with Crippen molar-refractivity contribution < 1.29 is 13.6 Å². The van der Waals surface area contributed by atoms with Crippen molar-refractivity contribution >= 4 is 16.9 Å². The number of para-hydroxylation sites is 2. The molecule has 0 atom stereocenters. The van der Waals surface area contributed by atoms with Crippen molar-refractivity contribution in [1.82, 2.24) is 9.55 Å². The predicted octanol–water partition coefficient (Wildman–Crippen LogP) is 6.32. The minimum absolute atomic E-state index is 0.0121. The molecule has 0 spiro atoms. The van der Waals surface area contributed by atoms with Gasteiger partial charge in [-0.3, -0.25) is 4.79 Å². The second kappa shape index (κ2) is 8.88. The number of rotatable bonds is 5. The Morgan fingerprint density at radius 1 is 0.848 bits per heavy atom. The average Bonchev–Trinajstić information content (AvgIpc) is 3.20. The maximum atomic E-state index is 15.1. The van der Waals surface area contributed by atoms with Crippen molar-refractivity contribution in [2.45, 2.75) is 69.7 Å². The molecule has 33 heavy (non-hydrogen) atoms. The molecule has 0 aliphatic heterocycles. The highest BCUT2D eigenvalue weighted by Crippen LogP contribution is 2.50. The van der Waals surface area contributed by atoms with Gasteiger partial charge in [0.05, 0.1) is 16.6 Å². The molecule has 0 bridgehead atoms. The van der Waals surface area contributed by atoms with Crippen LogP contribution in [0.1, 0.15) is 64.2 Å². The van der Waals surface area contributed by atoms with Crippen molar-refractivity contribution in [3.63, 3.8) is 0 Å². The number of hydrogen-bond donors (Lipinski definition) is 1. The molecule has 2 N–H and O–H groups in total. The fourth-order valence-corrected chi connectivity index (χ4v) is 6.58. The molecule has 2 aliphatic rings. The number of fused-ring (bicyclic) bond motifs is 1. The molecule has 1 amide bonds. The Labute approximate surface area is 193 Å². The Kier molecular flexibility index (Phi) is 5.94. The van der Waals surface area contributed by atoms with Crippen molar-refractivity contribution in [3.8, 4) is 11.4 Å². The number of imidazole rings is 1. The van der Waals surface area contributed by atoms with E-state index in [1.807, 2.05) is 28.8 Å². The molecule has 2 aromatic carbocycles. The molecule has 2 fully saturated rings. The Bertz CT molecular complexity index is 1120. The van der Waals surface area contributed by atoms with Gasteiger partial charge in [0.1, 0.15) is 23.0 Å². The minimum atomic E-state index is -1.07. The van der Waals surface area contributed by atoms with E-state index in [9.17, 15) is 4.79 Å². The number of amides is 1. The monoisotopic (exact) mass is 451 g/mol. The highest BCUT2D eigenvalue weighted by atomic mass is 19.1. The van der Waals surface area contributed by atoms with E-state index in [1.165, 1.54) is 18.2 Å². The third-order valence-corrected chi connectivity index (χ3v) is 7.97. The van der Waals surface area contributed by atoms with Crippen LogP contribution < -0.4 is 5.73 Å². The number of halogens is 2. The minimum Gasteiger partial charge on any atom is -0.368 e. The first-order valence-corrected chi connectivity index (χ1v) is 12.3. The van der Waals surface area contributed by atoms with Gasteiger partial charge in [0.15, 0.2) is 0 Å². The highest BCUT2D eigenvalue weighted by molar-refractivity contribution is 5.90. The maximum Gasteiger partial charge on any atom is 0.244 e. The van der Waals surface area contributed by atoms with Gasteiger partial charge >= 0.3 is 0 Å². The lowest BCUT2D eigenvalue weighted by Gasteiger charge is -2.48. The summed E-state index contributed by atoms with van der Waals surface area (Å²) in [5.41, 5.74) is 6.44. The van der Waals surface area contributed by atoms with Crippen LogP contribution in [0.4, 0.5) is 8.78 Å². The van der Waals surface area contributed by atoms with Gasteiger partial charge in [0.25, 0.3) is 0 Å². The van der Waals surface area contributed by atoms with Crippen LogP contribution in [-0.4, -0.2) is 15.5 Å². The molecule has 0 radical (unpaired) electrons. The standard InChI is InChI=1S/C27H31F2N3O/c28-20-14-9-15-21(29)24(20)25-31-22-16-7-8-17-23(22)32(25)27(26(30)33,18-10-3-1-4-11-18)19-12-5-2-6-13-19/h7-9,14-19H,1-6,10-13H2,(H2,30,33). The number of benzene rings is 2. The van der Waals surface area contributed by atoms with Crippen LogP contribution in [0.3, 0.4) is 0 Å². The molecule has 3 aromatic rings. The zero-order valence-corrected chi connectivity index (χ0v) is 18.9. The first-order chi connectivity index (χ1) is 16.0. The summed E-state index contributed by atoms with van der Waals surface area (Å²) in [6.45, 7) is 0.